The van der Waals surface area contributed by atoms with Gasteiger partial charge in [-0.05, 0) is 18.4 Å². The van der Waals surface area contributed by atoms with Crippen LogP contribution < -0.4 is 5.32 Å². The van der Waals surface area contributed by atoms with Gasteiger partial charge >= 0.3 is 0 Å². The molecule has 1 N–H and O–H groups in total. The number of amides is 1. The standard InChI is InChI=1S/C18H26FN3O/c1-14-12-17(15-4-2-3-5-16(15)19)22(13-14)9-6-18(23)21-10-7-20-8-11-21/h2-5,14,17,20H,6-13H2,1H3. The van der Waals surface area contributed by atoms with Crippen molar-refractivity contribution < 1.29 is 9.18 Å². The number of carbonyl (C=O) groups excluding carboxylic acids is 1. The van der Waals surface area contributed by atoms with Crippen molar-refractivity contribution in [3.63, 3.8) is 0 Å². The number of likely N-dealkylation sites (tertiary alicyclic amines) is 1. The lowest BCUT2D eigenvalue weighted by atomic mass is 10.0. The van der Waals surface area contributed by atoms with E-state index in [-0.39, 0.29) is 17.8 Å². The summed E-state index contributed by atoms with van der Waals surface area (Å²) in [6.07, 6.45) is 1.49. The number of halogens is 1. The van der Waals surface area contributed by atoms with Gasteiger partial charge in [0.15, 0.2) is 0 Å². The lowest BCUT2D eigenvalue weighted by Gasteiger charge is -2.29. The van der Waals surface area contributed by atoms with Crippen LogP contribution in [0.15, 0.2) is 24.3 Å². The van der Waals surface area contributed by atoms with Crippen molar-refractivity contribution in [1.82, 2.24) is 15.1 Å². The number of nitrogens with zero attached hydrogens (tertiary/aromatic N) is 2. The Morgan fingerprint density at radius 3 is 2.78 bits per heavy atom. The van der Waals surface area contributed by atoms with E-state index in [4.69, 9.17) is 0 Å². The molecule has 2 fully saturated rings. The molecule has 2 heterocycles. The second kappa shape index (κ2) is 7.41. The third kappa shape index (κ3) is 3.90. The summed E-state index contributed by atoms with van der Waals surface area (Å²) in [4.78, 5) is 16.6. The zero-order valence-corrected chi connectivity index (χ0v) is 13.8. The minimum atomic E-state index is -0.134. The van der Waals surface area contributed by atoms with Crippen LogP contribution in [0.25, 0.3) is 0 Å². The van der Waals surface area contributed by atoms with Gasteiger partial charge in [-0.15, -0.1) is 0 Å². The molecule has 1 aromatic rings. The van der Waals surface area contributed by atoms with Gasteiger partial charge in [-0.3, -0.25) is 9.69 Å². The van der Waals surface area contributed by atoms with Crippen molar-refractivity contribution in [2.75, 3.05) is 39.3 Å². The Bertz CT molecular complexity index is 545. The van der Waals surface area contributed by atoms with Crippen molar-refractivity contribution in [3.8, 4) is 0 Å². The van der Waals surface area contributed by atoms with Crippen LogP contribution in [0.4, 0.5) is 4.39 Å². The lowest BCUT2D eigenvalue weighted by molar-refractivity contribution is -0.132. The van der Waals surface area contributed by atoms with Crippen LogP contribution in [-0.4, -0.2) is 55.0 Å². The highest BCUT2D eigenvalue weighted by molar-refractivity contribution is 5.76. The van der Waals surface area contributed by atoms with Crippen LogP contribution >= 0.6 is 0 Å². The molecule has 0 aliphatic carbocycles. The lowest BCUT2D eigenvalue weighted by Crippen LogP contribution is -2.47. The van der Waals surface area contributed by atoms with Crippen molar-refractivity contribution in [2.24, 2.45) is 5.92 Å². The molecule has 3 rings (SSSR count). The Morgan fingerprint density at radius 2 is 2.04 bits per heavy atom. The number of hydrogen-bond donors (Lipinski definition) is 1. The quantitative estimate of drug-likeness (QED) is 0.922. The van der Waals surface area contributed by atoms with E-state index in [1.165, 1.54) is 6.07 Å². The van der Waals surface area contributed by atoms with Crippen molar-refractivity contribution >= 4 is 5.91 Å². The summed E-state index contributed by atoms with van der Waals surface area (Å²) >= 11 is 0. The summed E-state index contributed by atoms with van der Waals surface area (Å²) in [6.45, 7) is 7.21. The van der Waals surface area contributed by atoms with Gasteiger partial charge in [-0.25, -0.2) is 4.39 Å². The first-order chi connectivity index (χ1) is 11.1. The Morgan fingerprint density at radius 1 is 1.30 bits per heavy atom. The van der Waals surface area contributed by atoms with Crippen LogP contribution in [0.2, 0.25) is 0 Å². The van der Waals surface area contributed by atoms with E-state index in [0.717, 1.165) is 44.7 Å². The molecular formula is C18H26FN3O. The monoisotopic (exact) mass is 319 g/mol. The average molecular weight is 319 g/mol. The summed E-state index contributed by atoms with van der Waals surface area (Å²) in [5, 5.41) is 3.26. The van der Waals surface area contributed by atoms with Crippen molar-refractivity contribution in [3.05, 3.63) is 35.6 Å². The van der Waals surface area contributed by atoms with Crippen LogP contribution in [0, 0.1) is 11.7 Å². The molecule has 23 heavy (non-hydrogen) atoms. The van der Waals surface area contributed by atoms with Gasteiger partial charge in [0.1, 0.15) is 5.82 Å². The van der Waals surface area contributed by atoms with Crippen molar-refractivity contribution in [2.45, 2.75) is 25.8 Å². The summed E-state index contributed by atoms with van der Waals surface area (Å²) in [5.74, 6) is 0.622. The SMILES string of the molecule is CC1CC(c2ccccc2F)N(CCC(=O)N2CCNCC2)C1. The summed E-state index contributed by atoms with van der Waals surface area (Å²) < 4.78 is 14.1. The second-order valence-electron chi connectivity index (χ2n) is 6.75. The number of piperazine rings is 1. The first kappa shape index (κ1) is 16.4. The second-order valence-corrected chi connectivity index (χ2v) is 6.75. The van der Waals surface area contributed by atoms with Gasteiger partial charge in [0.05, 0.1) is 0 Å². The molecular weight excluding hydrogens is 293 g/mol. The van der Waals surface area contributed by atoms with E-state index in [0.29, 0.717) is 18.9 Å². The fourth-order valence-electron chi connectivity index (χ4n) is 3.76. The number of nitrogens with one attached hydrogen (secondary N) is 1. The highest BCUT2D eigenvalue weighted by atomic mass is 19.1. The summed E-state index contributed by atoms with van der Waals surface area (Å²) in [7, 11) is 0. The van der Waals surface area contributed by atoms with E-state index >= 15 is 0 Å². The molecule has 2 saturated heterocycles. The summed E-state index contributed by atoms with van der Waals surface area (Å²) in [6, 6.07) is 7.13. The smallest absolute Gasteiger partial charge is 0.223 e. The Kier molecular flexibility index (Phi) is 5.28. The molecule has 0 aromatic heterocycles. The molecule has 0 radical (unpaired) electrons. The summed E-state index contributed by atoms with van der Waals surface area (Å²) in [5.41, 5.74) is 0.770. The van der Waals surface area contributed by atoms with Crippen molar-refractivity contribution in [1.29, 1.82) is 0 Å². The topological polar surface area (TPSA) is 35.6 Å². The average Bonchev–Trinajstić information content (AvgIpc) is 2.94. The first-order valence-electron chi connectivity index (χ1n) is 8.62. The molecule has 1 amide bonds. The fraction of sp³-hybridized carbons (Fsp3) is 0.611. The van der Waals surface area contributed by atoms with Gasteiger partial charge in [0, 0.05) is 57.3 Å². The Hall–Kier alpha value is -1.46. The molecule has 0 saturated carbocycles. The van der Waals surface area contributed by atoms with Gasteiger partial charge in [0.2, 0.25) is 5.91 Å². The van der Waals surface area contributed by atoms with Gasteiger partial charge in [-0.2, -0.15) is 0 Å². The van der Waals surface area contributed by atoms with Crippen LogP contribution in [-0.2, 0) is 4.79 Å². The normalized spacial score (nSPS) is 25.7. The predicted molar refractivity (Wildman–Crippen MR) is 88.6 cm³/mol. The largest absolute Gasteiger partial charge is 0.340 e. The molecule has 2 aliphatic rings. The fourth-order valence-corrected chi connectivity index (χ4v) is 3.76. The van der Waals surface area contributed by atoms with Crippen LogP contribution in [0.3, 0.4) is 0 Å². The molecule has 1 aromatic carbocycles. The number of benzene rings is 1. The third-order valence-corrected chi connectivity index (χ3v) is 4.96. The number of rotatable bonds is 4. The molecule has 126 valence electrons. The Labute approximate surface area is 137 Å². The molecule has 0 bridgehead atoms. The minimum Gasteiger partial charge on any atom is -0.340 e. The third-order valence-electron chi connectivity index (χ3n) is 4.96. The minimum absolute atomic E-state index is 0.0991. The highest BCUT2D eigenvalue weighted by Crippen LogP contribution is 2.36. The van der Waals surface area contributed by atoms with E-state index < -0.39 is 0 Å². The maximum absolute atomic E-state index is 14.1. The molecule has 2 aliphatic heterocycles. The number of hydrogen-bond acceptors (Lipinski definition) is 3. The molecule has 2 atom stereocenters. The Balaban J connectivity index is 1.61. The molecule has 4 nitrogen and oxygen atoms in total. The molecule has 2 unspecified atom stereocenters. The highest BCUT2D eigenvalue weighted by Gasteiger charge is 2.32. The van der Waals surface area contributed by atoms with Gasteiger partial charge in [0.25, 0.3) is 0 Å². The van der Waals surface area contributed by atoms with Crippen LogP contribution in [0.5, 0.6) is 0 Å². The maximum atomic E-state index is 14.1. The maximum Gasteiger partial charge on any atom is 0.223 e. The van der Waals surface area contributed by atoms with E-state index in [2.05, 4.69) is 17.1 Å². The van der Waals surface area contributed by atoms with Gasteiger partial charge < -0.3 is 10.2 Å². The van der Waals surface area contributed by atoms with Crippen LogP contribution in [0.1, 0.15) is 31.4 Å². The number of carbonyl (C=O) groups is 1. The molecule has 0 spiro atoms. The zero-order valence-electron chi connectivity index (χ0n) is 13.8. The predicted octanol–water partition coefficient (Wildman–Crippen LogP) is 2.03. The first-order valence-corrected chi connectivity index (χ1v) is 8.62. The van der Waals surface area contributed by atoms with E-state index in [1.54, 1.807) is 6.07 Å². The zero-order chi connectivity index (χ0) is 16.2. The molecule has 5 heteroatoms. The van der Waals surface area contributed by atoms with Gasteiger partial charge in [-0.1, -0.05) is 25.1 Å². The van der Waals surface area contributed by atoms with E-state index in [1.807, 2.05) is 17.0 Å². The van der Waals surface area contributed by atoms with E-state index in [9.17, 15) is 9.18 Å².